The van der Waals surface area contributed by atoms with Crippen LogP contribution in [0.2, 0.25) is 0 Å². The highest BCUT2D eigenvalue weighted by Gasteiger charge is 2.27. The quantitative estimate of drug-likeness (QED) is 0.372. The lowest BCUT2D eigenvalue weighted by Gasteiger charge is -2.28. The largest absolute Gasteiger partial charge is 0.398 e. The van der Waals surface area contributed by atoms with Gasteiger partial charge in [-0.1, -0.05) is 29.5 Å². The number of fused-ring (bicyclic) bond motifs is 4. The van der Waals surface area contributed by atoms with E-state index >= 15 is 0 Å². The first kappa shape index (κ1) is 18.2. The Labute approximate surface area is 179 Å². The van der Waals surface area contributed by atoms with Gasteiger partial charge in [-0.15, -0.1) is 5.10 Å². The Kier molecular flexibility index (Phi) is 4.26. The van der Waals surface area contributed by atoms with Crippen molar-refractivity contribution in [3.8, 4) is 0 Å². The highest BCUT2D eigenvalue weighted by atomic mass is 15.4. The van der Waals surface area contributed by atoms with Crippen molar-refractivity contribution in [1.29, 1.82) is 0 Å². The van der Waals surface area contributed by atoms with Gasteiger partial charge in [0.2, 0.25) is 0 Å². The summed E-state index contributed by atoms with van der Waals surface area (Å²) in [7, 11) is 0. The normalized spacial score (nSPS) is 19.4. The van der Waals surface area contributed by atoms with Gasteiger partial charge in [-0.25, -0.2) is 9.50 Å². The van der Waals surface area contributed by atoms with Crippen molar-refractivity contribution in [3.05, 3.63) is 60.7 Å². The van der Waals surface area contributed by atoms with Gasteiger partial charge in [0, 0.05) is 46.2 Å². The summed E-state index contributed by atoms with van der Waals surface area (Å²) in [6, 6.07) is 14.5. The number of nitrogens with one attached hydrogen (secondary N) is 2. The molecule has 3 heterocycles. The van der Waals surface area contributed by atoms with E-state index in [0.29, 0.717) is 11.8 Å². The number of aromatic amines is 1. The Balaban J connectivity index is 1.16. The minimum absolute atomic E-state index is 0.451. The number of rotatable bonds is 4. The van der Waals surface area contributed by atoms with Gasteiger partial charge >= 0.3 is 0 Å². The molecule has 31 heavy (non-hydrogen) atoms. The highest BCUT2D eigenvalue weighted by Crippen LogP contribution is 2.38. The third-order valence-electron chi connectivity index (χ3n) is 6.77. The highest BCUT2D eigenvalue weighted by molar-refractivity contribution is 6.01. The molecule has 2 aromatic carbocycles. The van der Waals surface area contributed by atoms with Crippen LogP contribution in [0.15, 0.2) is 55.0 Å². The molecule has 4 N–H and O–H groups in total. The molecule has 7 nitrogen and oxygen atoms in total. The summed E-state index contributed by atoms with van der Waals surface area (Å²) >= 11 is 0. The summed E-state index contributed by atoms with van der Waals surface area (Å²) < 4.78 is 1.81. The maximum absolute atomic E-state index is 6.15. The van der Waals surface area contributed by atoms with Gasteiger partial charge in [0.1, 0.15) is 17.5 Å². The van der Waals surface area contributed by atoms with E-state index in [9.17, 15) is 0 Å². The van der Waals surface area contributed by atoms with Crippen LogP contribution in [0.3, 0.4) is 0 Å². The fourth-order valence-electron chi connectivity index (χ4n) is 5.06. The number of nitrogens with zero attached hydrogens (tertiary/aromatic N) is 4. The minimum Gasteiger partial charge on any atom is -0.398 e. The molecule has 3 aromatic heterocycles. The number of anilines is 2. The molecule has 0 saturated heterocycles. The molecule has 0 bridgehead atoms. The Hall–Kier alpha value is -3.61. The van der Waals surface area contributed by atoms with Crippen LogP contribution < -0.4 is 11.1 Å². The number of nitrogen functional groups attached to an aromatic ring is 1. The first-order valence-corrected chi connectivity index (χ1v) is 11.0. The molecule has 0 aliphatic heterocycles. The molecular formula is C24H25N7. The van der Waals surface area contributed by atoms with Gasteiger partial charge in [-0.3, -0.25) is 0 Å². The second-order valence-electron chi connectivity index (χ2n) is 8.60. The molecule has 0 spiro atoms. The van der Waals surface area contributed by atoms with E-state index in [2.05, 4.69) is 55.9 Å². The fourth-order valence-corrected chi connectivity index (χ4v) is 5.06. The van der Waals surface area contributed by atoms with Crippen molar-refractivity contribution in [2.75, 3.05) is 17.6 Å². The Morgan fingerprint density at radius 1 is 1.00 bits per heavy atom. The topological polar surface area (TPSA) is 96.9 Å². The standard InChI is InChI=1S/C24H25N7/c25-20-9-10-21(18-4-2-1-3-17(18)20)27-13-15-5-7-16(8-6-15)22-23-19-11-12-26-24(19)28-14-31(23)30-29-22/h1-4,9-12,14-16,26-27H,5-8,13,25H2. The van der Waals surface area contributed by atoms with Crippen molar-refractivity contribution in [2.45, 2.75) is 31.6 Å². The van der Waals surface area contributed by atoms with Crippen LogP contribution in [0.25, 0.3) is 27.3 Å². The maximum atomic E-state index is 6.15. The molecule has 0 amide bonds. The maximum Gasteiger partial charge on any atom is 0.141 e. The van der Waals surface area contributed by atoms with Crippen LogP contribution >= 0.6 is 0 Å². The zero-order chi connectivity index (χ0) is 20.8. The Morgan fingerprint density at radius 3 is 2.71 bits per heavy atom. The summed E-state index contributed by atoms with van der Waals surface area (Å²) in [6.45, 7) is 0.981. The van der Waals surface area contributed by atoms with Crippen LogP contribution in [-0.2, 0) is 0 Å². The third kappa shape index (κ3) is 3.08. The zero-order valence-electron chi connectivity index (χ0n) is 17.3. The van der Waals surface area contributed by atoms with Crippen molar-refractivity contribution < 1.29 is 0 Å². The summed E-state index contributed by atoms with van der Waals surface area (Å²) in [4.78, 5) is 7.60. The molecule has 5 aromatic rings. The second-order valence-corrected chi connectivity index (χ2v) is 8.60. The smallest absolute Gasteiger partial charge is 0.141 e. The van der Waals surface area contributed by atoms with E-state index in [4.69, 9.17) is 5.73 Å². The number of H-pyrrole nitrogens is 1. The third-order valence-corrected chi connectivity index (χ3v) is 6.77. The van der Waals surface area contributed by atoms with E-state index in [1.54, 1.807) is 6.33 Å². The fraction of sp³-hybridized carbons (Fsp3) is 0.292. The molecule has 0 radical (unpaired) electrons. The molecule has 156 valence electrons. The van der Waals surface area contributed by atoms with Crippen LogP contribution in [0, 0.1) is 5.92 Å². The molecule has 1 aliphatic carbocycles. The van der Waals surface area contributed by atoms with E-state index in [1.165, 1.54) is 23.9 Å². The molecule has 6 rings (SSSR count). The predicted octanol–water partition coefficient (Wildman–Crippen LogP) is 4.73. The Bertz CT molecular complexity index is 1380. The number of nitrogens with two attached hydrogens (primary N) is 1. The molecule has 1 aliphatic rings. The molecule has 1 fully saturated rings. The number of hydrogen-bond acceptors (Lipinski definition) is 5. The van der Waals surface area contributed by atoms with Crippen molar-refractivity contribution >= 4 is 38.7 Å². The van der Waals surface area contributed by atoms with Gasteiger partial charge in [-0.2, -0.15) is 0 Å². The molecule has 0 unspecified atom stereocenters. The van der Waals surface area contributed by atoms with E-state index in [1.807, 2.05) is 22.8 Å². The average Bonchev–Trinajstić information content (AvgIpc) is 3.46. The lowest BCUT2D eigenvalue weighted by molar-refractivity contribution is 0.336. The zero-order valence-corrected chi connectivity index (χ0v) is 17.3. The number of benzene rings is 2. The Morgan fingerprint density at radius 2 is 1.84 bits per heavy atom. The molecular weight excluding hydrogens is 386 g/mol. The van der Waals surface area contributed by atoms with Crippen LogP contribution in [0.4, 0.5) is 11.4 Å². The van der Waals surface area contributed by atoms with E-state index < -0.39 is 0 Å². The number of hydrogen-bond donors (Lipinski definition) is 3. The van der Waals surface area contributed by atoms with E-state index in [0.717, 1.165) is 52.7 Å². The molecule has 7 heteroatoms. The summed E-state index contributed by atoms with van der Waals surface area (Å²) in [5.74, 6) is 1.11. The lowest BCUT2D eigenvalue weighted by Crippen LogP contribution is -2.21. The van der Waals surface area contributed by atoms with Gasteiger partial charge in [0.25, 0.3) is 0 Å². The van der Waals surface area contributed by atoms with E-state index in [-0.39, 0.29) is 0 Å². The van der Waals surface area contributed by atoms with Crippen LogP contribution in [0.5, 0.6) is 0 Å². The minimum atomic E-state index is 0.451. The van der Waals surface area contributed by atoms with Gasteiger partial charge in [0.05, 0.1) is 5.69 Å². The predicted molar refractivity (Wildman–Crippen MR) is 124 cm³/mol. The number of aromatic nitrogens is 5. The van der Waals surface area contributed by atoms with Crippen LogP contribution in [0.1, 0.15) is 37.3 Å². The summed E-state index contributed by atoms with van der Waals surface area (Å²) in [6.07, 6.45) is 8.32. The summed E-state index contributed by atoms with van der Waals surface area (Å²) in [5, 5.41) is 15.9. The van der Waals surface area contributed by atoms with Crippen molar-refractivity contribution in [1.82, 2.24) is 24.8 Å². The van der Waals surface area contributed by atoms with Crippen LogP contribution in [-0.4, -0.2) is 31.3 Å². The first-order chi connectivity index (χ1) is 15.3. The van der Waals surface area contributed by atoms with Crippen molar-refractivity contribution in [3.63, 3.8) is 0 Å². The SMILES string of the molecule is Nc1ccc(NCC2CCC(c3nnn4cnc5[nH]ccc5c34)CC2)c2ccccc12. The molecule has 0 atom stereocenters. The first-order valence-electron chi connectivity index (χ1n) is 11.0. The van der Waals surface area contributed by atoms with Crippen molar-refractivity contribution in [2.24, 2.45) is 5.92 Å². The summed E-state index contributed by atoms with van der Waals surface area (Å²) in [5.41, 5.74) is 11.2. The molecule has 1 saturated carbocycles. The lowest BCUT2D eigenvalue weighted by atomic mass is 9.80. The average molecular weight is 412 g/mol. The second kappa shape index (κ2) is 7.27. The van der Waals surface area contributed by atoms with Gasteiger partial charge in [-0.05, 0) is 49.8 Å². The van der Waals surface area contributed by atoms with Gasteiger partial charge < -0.3 is 16.0 Å². The van der Waals surface area contributed by atoms with Gasteiger partial charge in [0.15, 0.2) is 0 Å². The monoisotopic (exact) mass is 411 g/mol.